The minimum absolute atomic E-state index is 0.534. The summed E-state index contributed by atoms with van der Waals surface area (Å²) in [5.74, 6) is 0. The van der Waals surface area contributed by atoms with Crippen LogP contribution < -0.4 is 0 Å². The van der Waals surface area contributed by atoms with Gasteiger partial charge in [-0.05, 0) is 31.3 Å². The Morgan fingerprint density at radius 3 is 2.77 bits per heavy atom. The van der Waals surface area contributed by atoms with Crippen LogP contribution in [0.2, 0.25) is 0 Å². The first-order valence-electron chi connectivity index (χ1n) is 3.74. The maximum absolute atomic E-state index is 8.86. The zero-order valence-corrected chi connectivity index (χ0v) is 8.08. The first-order valence-corrected chi connectivity index (χ1v) is 4.55. The summed E-state index contributed by atoms with van der Waals surface area (Å²) < 4.78 is 0. The molecule has 0 aliphatic carbocycles. The van der Waals surface area contributed by atoms with Crippen LogP contribution in [0.1, 0.15) is 23.0 Å². The highest BCUT2D eigenvalue weighted by molar-refractivity contribution is 7.13. The number of aliphatic hydroxyl groups is 2. The zero-order valence-electron chi connectivity index (χ0n) is 7.27. The molecule has 0 aromatic carbocycles. The van der Waals surface area contributed by atoms with E-state index in [0.29, 0.717) is 4.88 Å². The van der Waals surface area contributed by atoms with E-state index < -0.39 is 6.29 Å². The number of allylic oxidation sites excluding steroid dienone is 1. The highest BCUT2D eigenvalue weighted by atomic mass is 32.1. The Balaban J connectivity index is 2.91. The van der Waals surface area contributed by atoms with Gasteiger partial charge in [0, 0.05) is 11.1 Å². The van der Waals surface area contributed by atoms with Crippen LogP contribution in [0.5, 0.6) is 0 Å². The normalized spacial score (nSPS) is 12.2. The molecule has 0 radical (unpaired) electrons. The van der Waals surface area contributed by atoms with Crippen LogP contribution in [0.3, 0.4) is 0 Å². The molecule has 0 saturated heterocycles. The van der Waals surface area contributed by atoms with Gasteiger partial charge in [-0.15, -0.1) is 11.3 Å². The van der Waals surface area contributed by atoms with Crippen LogP contribution in [0.25, 0.3) is 5.57 Å². The Morgan fingerprint density at radius 1 is 1.62 bits per heavy atom. The summed E-state index contributed by atoms with van der Waals surface area (Å²) in [6, 6.07) is 3.52. The molecule has 0 spiro atoms. The van der Waals surface area contributed by atoms with Crippen molar-refractivity contribution in [2.24, 2.45) is 4.99 Å². The second-order valence-electron chi connectivity index (χ2n) is 2.57. The van der Waals surface area contributed by atoms with Gasteiger partial charge in [-0.1, -0.05) is 0 Å². The number of aliphatic imine (C=N–C) groups is 1. The van der Waals surface area contributed by atoms with E-state index in [2.05, 4.69) is 11.7 Å². The van der Waals surface area contributed by atoms with Crippen LogP contribution in [0.15, 0.2) is 23.3 Å². The third-order valence-electron chi connectivity index (χ3n) is 1.55. The monoisotopic (exact) mass is 197 g/mol. The summed E-state index contributed by atoms with van der Waals surface area (Å²) in [5, 5.41) is 17.7. The van der Waals surface area contributed by atoms with Crippen molar-refractivity contribution in [2.45, 2.75) is 13.2 Å². The average molecular weight is 197 g/mol. The second-order valence-corrected chi connectivity index (χ2v) is 3.69. The molecule has 0 atom stereocenters. The number of hydrogen-bond acceptors (Lipinski definition) is 4. The van der Waals surface area contributed by atoms with E-state index >= 15 is 0 Å². The number of hydrogen-bond donors (Lipinski definition) is 2. The molecule has 13 heavy (non-hydrogen) atoms. The fraction of sp³-hybridized carbons (Fsp3) is 0.222. The molecule has 4 heteroatoms. The van der Waals surface area contributed by atoms with E-state index in [1.165, 1.54) is 11.3 Å². The molecule has 1 rings (SSSR count). The third-order valence-corrected chi connectivity index (χ3v) is 2.82. The Labute approximate surface area is 80.7 Å². The van der Waals surface area contributed by atoms with Crippen molar-refractivity contribution in [3.63, 3.8) is 0 Å². The first kappa shape index (κ1) is 10.1. The molecule has 0 aliphatic heterocycles. The van der Waals surface area contributed by atoms with Gasteiger partial charge in [0.15, 0.2) is 6.29 Å². The Kier molecular flexibility index (Phi) is 3.36. The average Bonchev–Trinajstić information content (AvgIpc) is 2.52. The standard InChI is InChI=1S/C9H11NO2S/c1-6(5-10-2)7-3-4-8(13-7)9(11)12/h3-5,9,11-12H,2H2,1H3. The summed E-state index contributed by atoms with van der Waals surface area (Å²) in [4.78, 5) is 5.14. The van der Waals surface area contributed by atoms with Gasteiger partial charge in [-0.2, -0.15) is 0 Å². The van der Waals surface area contributed by atoms with E-state index in [-0.39, 0.29) is 0 Å². The second kappa shape index (κ2) is 4.32. The first-order chi connectivity index (χ1) is 6.15. The minimum Gasteiger partial charge on any atom is -0.364 e. The van der Waals surface area contributed by atoms with E-state index in [1.807, 2.05) is 13.0 Å². The van der Waals surface area contributed by atoms with E-state index in [0.717, 1.165) is 10.5 Å². The molecule has 0 bridgehead atoms. The van der Waals surface area contributed by atoms with Crippen LogP contribution in [-0.4, -0.2) is 16.9 Å². The van der Waals surface area contributed by atoms with Gasteiger partial charge >= 0.3 is 0 Å². The molecule has 1 aromatic rings. The summed E-state index contributed by atoms with van der Waals surface area (Å²) in [5.41, 5.74) is 0.965. The van der Waals surface area contributed by atoms with Gasteiger partial charge in [0.1, 0.15) is 0 Å². The maximum atomic E-state index is 8.86. The van der Waals surface area contributed by atoms with Crippen molar-refractivity contribution in [1.82, 2.24) is 0 Å². The number of nitrogens with zero attached hydrogens (tertiary/aromatic N) is 1. The Bertz CT molecular complexity index is 328. The lowest BCUT2D eigenvalue weighted by Gasteiger charge is -1.96. The van der Waals surface area contributed by atoms with Crippen LogP contribution in [0.4, 0.5) is 0 Å². The molecule has 0 amide bonds. The lowest BCUT2D eigenvalue weighted by Crippen LogP contribution is -1.88. The molecule has 70 valence electrons. The Hall–Kier alpha value is -0.970. The van der Waals surface area contributed by atoms with Gasteiger partial charge in [-0.25, -0.2) is 0 Å². The van der Waals surface area contributed by atoms with Crippen molar-refractivity contribution in [1.29, 1.82) is 0 Å². The fourth-order valence-electron chi connectivity index (χ4n) is 0.904. The van der Waals surface area contributed by atoms with Crippen molar-refractivity contribution in [2.75, 3.05) is 0 Å². The predicted octanol–water partition coefficient (Wildman–Crippen LogP) is 1.79. The third kappa shape index (κ3) is 2.48. The van der Waals surface area contributed by atoms with E-state index in [1.54, 1.807) is 12.3 Å². The predicted molar refractivity (Wildman–Crippen MR) is 54.7 cm³/mol. The van der Waals surface area contributed by atoms with Gasteiger partial charge < -0.3 is 10.2 Å². The quantitative estimate of drug-likeness (QED) is 0.573. The molecule has 2 N–H and O–H groups in total. The summed E-state index contributed by atoms with van der Waals surface area (Å²) in [7, 11) is 0. The SMILES string of the molecule is C=NC=C(C)c1ccc(C(O)O)s1. The van der Waals surface area contributed by atoms with Crippen molar-refractivity contribution in [3.05, 3.63) is 28.1 Å². The lowest BCUT2D eigenvalue weighted by molar-refractivity contribution is -0.0395. The van der Waals surface area contributed by atoms with Crippen LogP contribution in [-0.2, 0) is 0 Å². The van der Waals surface area contributed by atoms with Gasteiger partial charge in [0.25, 0.3) is 0 Å². The van der Waals surface area contributed by atoms with Crippen molar-refractivity contribution in [3.8, 4) is 0 Å². The van der Waals surface area contributed by atoms with Crippen molar-refractivity contribution < 1.29 is 10.2 Å². The summed E-state index contributed by atoms with van der Waals surface area (Å²) in [6.45, 7) is 5.24. The molecule has 0 fully saturated rings. The summed E-state index contributed by atoms with van der Waals surface area (Å²) in [6.07, 6.45) is 0.252. The molecular weight excluding hydrogens is 186 g/mol. The number of rotatable bonds is 3. The summed E-state index contributed by atoms with van der Waals surface area (Å²) >= 11 is 1.33. The smallest absolute Gasteiger partial charge is 0.188 e. The highest BCUT2D eigenvalue weighted by Crippen LogP contribution is 2.26. The van der Waals surface area contributed by atoms with Gasteiger partial charge in [-0.3, -0.25) is 4.99 Å². The van der Waals surface area contributed by atoms with Crippen LogP contribution in [0, 0.1) is 0 Å². The highest BCUT2D eigenvalue weighted by Gasteiger charge is 2.06. The lowest BCUT2D eigenvalue weighted by atomic mass is 10.3. The molecule has 0 aliphatic rings. The van der Waals surface area contributed by atoms with Crippen molar-refractivity contribution >= 4 is 23.6 Å². The molecule has 1 heterocycles. The van der Waals surface area contributed by atoms with Gasteiger partial charge in [0.2, 0.25) is 0 Å². The topological polar surface area (TPSA) is 52.8 Å². The maximum Gasteiger partial charge on any atom is 0.188 e. The Morgan fingerprint density at radius 2 is 2.31 bits per heavy atom. The molecule has 3 nitrogen and oxygen atoms in total. The van der Waals surface area contributed by atoms with E-state index in [9.17, 15) is 0 Å². The largest absolute Gasteiger partial charge is 0.364 e. The molecule has 0 saturated carbocycles. The van der Waals surface area contributed by atoms with Crippen LogP contribution >= 0.6 is 11.3 Å². The molecule has 0 unspecified atom stereocenters. The fourth-order valence-corrected chi connectivity index (χ4v) is 1.75. The van der Waals surface area contributed by atoms with E-state index in [4.69, 9.17) is 10.2 Å². The molecular formula is C9H11NO2S. The minimum atomic E-state index is -1.39. The number of thiophene rings is 1. The zero-order chi connectivity index (χ0) is 9.84. The molecule has 1 aromatic heterocycles. The van der Waals surface area contributed by atoms with Gasteiger partial charge in [0.05, 0.1) is 4.88 Å². The number of aliphatic hydroxyl groups excluding tert-OH is 1.